The molecule has 7 heteroatoms. The molecule has 28 heavy (non-hydrogen) atoms. The molecule has 1 amide bonds. The van der Waals surface area contributed by atoms with E-state index in [2.05, 4.69) is 63.2 Å². The Bertz CT molecular complexity index is 933. The molecule has 0 radical (unpaired) electrons. The van der Waals surface area contributed by atoms with E-state index in [1.54, 1.807) is 6.20 Å². The summed E-state index contributed by atoms with van der Waals surface area (Å²) in [6, 6.07) is 13.6. The van der Waals surface area contributed by atoms with Gasteiger partial charge >= 0.3 is 0 Å². The molecule has 3 rings (SSSR count). The van der Waals surface area contributed by atoms with Crippen molar-refractivity contribution in [2.45, 2.75) is 33.6 Å². The van der Waals surface area contributed by atoms with Crippen LogP contribution in [0.1, 0.15) is 31.9 Å². The van der Waals surface area contributed by atoms with Crippen molar-refractivity contribution in [3.63, 3.8) is 0 Å². The highest BCUT2D eigenvalue weighted by molar-refractivity contribution is 5.88. The molecule has 0 saturated heterocycles. The van der Waals surface area contributed by atoms with Crippen LogP contribution >= 0.6 is 0 Å². The minimum atomic E-state index is -0.106. The lowest BCUT2D eigenvalue weighted by atomic mass is 10.0. The van der Waals surface area contributed by atoms with Gasteiger partial charge in [-0.1, -0.05) is 32.0 Å². The number of aryl methyl sites for hydroxylation is 2. The molecule has 3 N–H and O–H groups in total. The predicted molar refractivity (Wildman–Crippen MR) is 112 cm³/mol. The Kier molecular flexibility index (Phi) is 6.16. The Morgan fingerprint density at radius 1 is 0.929 bits per heavy atom. The number of hydrogen-bond acceptors (Lipinski definition) is 6. The van der Waals surface area contributed by atoms with E-state index in [-0.39, 0.29) is 5.91 Å². The third-order valence-corrected chi connectivity index (χ3v) is 4.27. The molecule has 0 saturated carbocycles. The van der Waals surface area contributed by atoms with Gasteiger partial charge < -0.3 is 16.0 Å². The number of nitrogens with one attached hydrogen (secondary N) is 3. The van der Waals surface area contributed by atoms with Crippen molar-refractivity contribution in [3.05, 3.63) is 59.8 Å². The maximum Gasteiger partial charge on any atom is 0.249 e. The van der Waals surface area contributed by atoms with E-state index in [0.717, 1.165) is 29.9 Å². The van der Waals surface area contributed by atoms with Crippen molar-refractivity contribution < 1.29 is 4.79 Å². The van der Waals surface area contributed by atoms with Crippen LogP contribution in [-0.2, 0) is 17.6 Å². The number of rotatable bonds is 7. The van der Waals surface area contributed by atoms with Crippen LogP contribution in [0, 0.1) is 0 Å². The molecule has 0 aliphatic rings. The lowest BCUT2D eigenvalue weighted by Crippen LogP contribution is -2.06. The third-order valence-electron chi connectivity index (χ3n) is 4.27. The van der Waals surface area contributed by atoms with Crippen LogP contribution in [0.15, 0.2) is 48.7 Å². The van der Waals surface area contributed by atoms with Crippen molar-refractivity contribution in [1.82, 2.24) is 15.2 Å². The van der Waals surface area contributed by atoms with E-state index < -0.39 is 0 Å². The van der Waals surface area contributed by atoms with Gasteiger partial charge in [-0.15, -0.1) is 5.10 Å². The average molecular weight is 376 g/mol. The maximum absolute atomic E-state index is 11.1. The minimum Gasteiger partial charge on any atom is -0.338 e. The van der Waals surface area contributed by atoms with Crippen molar-refractivity contribution >= 4 is 34.7 Å². The fourth-order valence-electron chi connectivity index (χ4n) is 2.92. The van der Waals surface area contributed by atoms with Gasteiger partial charge in [0.1, 0.15) is 0 Å². The minimum absolute atomic E-state index is 0.106. The number of carbonyl (C=O) groups is 1. The molecule has 0 unspecified atom stereocenters. The SMILES string of the molecule is CCc1cccc(CC)c1Nc1cnnc(Nc2ccc(NC(C)=O)cc2)n1. The van der Waals surface area contributed by atoms with E-state index in [1.807, 2.05) is 24.3 Å². The van der Waals surface area contributed by atoms with E-state index in [1.165, 1.54) is 18.1 Å². The number of para-hydroxylation sites is 1. The Labute approximate surface area is 164 Å². The Morgan fingerprint density at radius 3 is 2.18 bits per heavy atom. The van der Waals surface area contributed by atoms with Gasteiger partial charge in [-0.05, 0) is 48.2 Å². The second-order valence-electron chi connectivity index (χ2n) is 6.33. The standard InChI is InChI=1S/C21H24N6O/c1-4-15-7-6-8-16(5-2)20(15)25-19-13-22-27-21(26-19)24-18-11-9-17(10-12-18)23-14(3)28/h6-13H,4-5H2,1-3H3,(H,23,28)(H2,24,25,26,27). The number of nitrogens with zero attached hydrogens (tertiary/aromatic N) is 3. The fraction of sp³-hybridized carbons (Fsp3) is 0.238. The number of hydrogen-bond donors (Lipinski definition) is 3. The molecule has 0 spiro atoms. The number of anilines is 5. The normalized spacial score (nSPS) is 10.4. The zero-order valence-electron chi connectivity index (χ0n) is 16.3. The van der Waals surface area contributed by atoms with Crippen LogP contribution in [0.4, 0.5) is 28.8 Å². The van der Waals surface area contributed by atoms with Gasteiger partial charge in [0.2, 0.25) is 11.9 Å². The molecular weight excluding hydrogens is 352 g/mol. The second-order valence-corrected chi connectivity index (χ2v) is 6.33. The molecule has 1 heterocycles. The summed E-state index contributed by atoms with van der Waals surface area (Å²) in [4.78, 5) is 15.6. The van der Waals surface area contributed by atoms with Gasteiger partial charge in [0, 0.05) is 24.0 Å². The third kappa shape index (κ3) is 4.82. The summed E-state index contributed by atoms with van der Waals surface area (Å²) in [6.45, 7) is 5.75. The monoisotopic (exact) mass is 376 g/mol. The van der Waals surface area contributed by atoms with Crippen LogP contribution in [0.25, 0.3) is 0 Å². The summed E-state index contributed by atoms with van der Waals surface area (Å²) >= 11 is 0. The largest absolute Gasteiger partial charge is 0.338 e. The quantitative estimate of drug-likeness (QED) is 0.564. The summed E-state index contributed by atoms with van der Waals surface area (Å²) in [5.74, 6) is 0.915. The highest BCUT2D eigenvalue weighted by Gasteiger charge is 2.09. The highest BCUT2D eigenvalue weighted by atomic mass is 16.1. The molecule has 0 fully saturated rings. The summed E-state index contributed by atoms with van der Waals surface area (Å²) in [6.07, 6.45) is 3.47. The summed E-state index contributed by atoms with van der Waals surface area (Å²) in [5, 5.41) is 17.4. The van der Waals surface area contributed by atoms with Crippen LogP contribution in [0.2, 0.25) is 0 Å². The van der Waals surface area contributed by atoms with Gasteiger partial charge in [-0.2, -0.15) is 10.1 Å². The van der Waals surface area contributed by atoms with E-state index in [9.17, 15) is 4.79 Å². The molecule has 0 aliphatic heterocycles. The Morgan fingerprint density at radius 2 is 1.57 bits per heavy atom. The molecule has 3 aromatic rings. The highest BCUT2D eigenvalue weighted by Crippen LogP contribution is 2.26. The van der Waals surface area contributed by atoms with Crippen LogP contribution < -0.4 is 16.0 Å². The smallest absolute Gasteiger partial charge is 0.249 e. The maximum atomic E-state index is 11.1. The molecular formula is C21H24N6O. The average Bonchev–Trinajstić information content (AvgIpc) is 2.69. The van der Waals surface area contributed by atoms with Gasteiger partial charge in [0.25, 0.3) is 0 Å². The fourth-order valence-corrected chi connectivity index (χ4v) is 2.92. The van der Waals surface area contributed by atoms with Crippen LogP contribution in [-0.4, -0.2) is 21.1 Å². The number of carbonyl (C=O) groups excluding carboxylic acids is 1. The van der Waals surface area contributed by atoms with E-state index in [4.69, 9.17) is 0 Å². The summed E-state index contributed by atoms with van der Waals surface area (Å²) < 4.78 is 0. The zero-order valence-corrected chi connectivity index (χ0v) is 16.3. The topological polar surface area (TPSA) is 91.8 Å². The van der Waals surface area contributed by atoms with Gasteiger partial charge in [-0.3, -0.25) is 4.79 Å². The number of aromatic nitrogens is 3. The molecule has 0 bridgehead atoms. The van der Waals surface area contributed by atoms with Gasteiger partial charge in [0.15, 0.2) is 5.82 Å². The first-order valence-corrected chi connectivity index (χ1v) is 9.31. The summed E-state index contributed by atoms with van der Waals surface area (Å²) in [7, 11) is 0. The Hall–Kier alpha value is -3.48. The lowest BCUT2D eigenvalue weighted by molar-refractivity contribution is -0.114. The zero-order chi connectivity index (χ0) is 19.9. The molecule has 2 aromatic carbocycles. The number of benzene rings is 2. The Balaban J connectivity index is 1.77. The molecule has 7 nitrogen and oxygen atoms in total. The first-order valence-electron chi connectivity index (χ1n) is 9.31. The molecule has 0 atom stereocenters. The van der Waals surface area contributed by atoms with Gasteiger partial charge in [0.05, 0.1) is 6.20 Å². The first-order chi connectivity index (χ1) is 13.6. The molecule has 0 aliphatic carbocycles. The molecule has 1 aromatic heterocycles. The second kappa shape index (κ2) is 8.94. The van der Waals surface area contributed by atoms with Crippen molar-refractivity contribution in [3.8, 4) is 0 Å². The van der Waals surface area contributed by atoms with E-state index in [0.29, 0.717) is 11.8 Å². The molecule has 144 valence electrons. The van der Waals surface area contributed by atoms with E-state index >= 15 is 0 Å². The first kappa shape index (κ1) is 19.3. The van der Waals surface area contributed by atoms with Crippen molar-refractivity contribution in [1.29, 1.82) is 0 Å². The number of amides is 1. The van der Waals surface area contributed by atoms with Crippen molar-refractivity contribution in [2.24, 2.45) is 0 Å². The summed E-state index contributed by atoms with van der Waals surface area (Å²) in [5.41, 5.74) is 5.09. The van der Waals surface area contributed by atoms with Crippen LogP contribution in [0.3, 0.4) is 0 Å². The van der Waals surface area contributed by atoms with Gasteiger partial charge in [-0.25, -0.2) is 0 Å². The lowest BCUT2D eigenvalue weighted by Gasteiger charge is -2.15. The van der Waals surface area contributed by atoms with Crippen molar-refractivity contribution in [2.75, 3.05) is 16.0 Å². The van der Waals surface area contributed by atoms with Crippen LogP contribution in [0.5, 0.6) is 0 Å². The predicted octanol–water partition coefficient (Wildman–Crippen LogP) is 4.44.